The molecule has 1 unspecified atom stereocenters. The molecule has 0 heterocycles. The van der Waals surface area contributed by atoms with Crippen LogP contribution >= 0.6 is 0 Å². The quantitative estimate of drug-likeness (QED) is 0.0637. The number of halogens is 4. The fourth-order valence-electron chi connectivity index (χ4n) is 4.47. The molecule has 0 amide bonds. The molecule has 1 aromatic rings. The van der Waals surface area contributed by atoms with Gasteiger partial charge in [-0.1, -0.05) is 64.7 Å². The number of rotatable bonds is 19. The normalized spacial score (nSPS) is 13.1. The summed E-state index contributed by atoms with van der Waals surface area (Å²) in [7, 11) is 3.21. The van der Waals surface area contributed by atoms with E-state index in [1.165, 1.54) is 25.7 Å². The van der Waals surface area contributed by atoms with Crippen molar-refractivity contribution in [2.75, 3.05) is 14.2 Å². The molecule has 0 fully saturated rings. The van der Waals surface area contributed by atoms with Gasteiger partial charge in [-0.2, -0.15) is 0 Å². The fourth-order valence-corrected chi connectivity index (χ4v) is 4.47. The summed E-state index contributed by atoms with van der Waals surface area (Å²) in [4.78, 5) is 0. The summed E-state index contributed by atoms with van der Waals surface area (Å²) in [5.41, 5.74) is -0.125. The Hall–Kier alpha value is -1.18. The van der Waals surface area contributed by atoms with Gasteiger partial charge in [-0.05, 0) is 51.2 Å². The Balaban J connectivity index is 2.59. The van der Waals surface area contributed by atoms with E-state index in [4.69, 9.17) is 14.2 Å². The summed E-state index contributed by atoms with van der Waals surface area (Å²) >= 11 is 0. The van der Waals surface area contributed by atoms with Crippen molar-refractivity contribution >= 4 is 0 Å². The molecule has 0 saturated carbocycles. The van der Waals surface area contributed by atoms with Crippen LogP contribution in [0, 0.1) is 29.2 Å². The largest absolute Gasteiger partial charge is 0.331 e. The van der Waals surface area contributed by atoms with Gasteiger partial charge in [-0.25, -0.2) is 17.6 Å². The lowest BCUT2D eigenvalue weighted by Crippen LogP contribution is -2.46. The van der Waals surface area contributed by atoms with Crippen molar-refractivity contribution in [3.05, 3.63) is 34.9 Å². The van der Waals surface area contributed by atoms with E-state index in [-0.39, 0.29) is 24.0 Å². The molecule has 1 rings (SSSR count). The minimum Gasteiger partial charge on any atom is -0.331 e. The number of aryl methyl sites for hydroxylation is 1. The Morgan fingerprint density at radius 2 is 1.26 bits per heavy atom. The van der Waals surface area contributed by atoms with Crippen LogP contribution in [-0.2, 0) is 20.6 Å². The Kier molecular flexibility index (Phi) is 15.0. The lowest BCUT2D eigenvalue weighted by Gasteiger charge is -2.39. The van der Waals surface area contributed by atoms with Crippen LogP contribution in [0.3, 0.4) is 0 Å². The fraction of sp³-hybridized carbons (Fsp3) is 0.778. The molecule has 0 spiro atoms. The predicted molar refractivity (Wildman–Crippen MR) is 128 cm³/mol. The molecule has 34 heavy (non-hydrogen) atoms. The van der Waals surface area contributed by atoms with E-state index in [1.54, 1.807) is 14.2 Å². The van der Waals surface area contributed by atoms with Gasteiger partial charge in [0.1, 0.15) is 0 Å². The third-order valence-electron chi connectivity index (χ3n) is 6.30. The van der Waals surface area contributed by atoms with Gasteiger partial charge in [0, 0.05) is 20.1 Å². The van der Waals surface area contributed by atoms with E-state index < -0.39 is 29.2 Å². The lowest BCUT2D eigenvalue weighted by molar-refractivity contribution is -0.399. The van der Waals surface area contributed by atoms with E-state index in [0.717, 1.165) is 51.0 Å². The highest BCUT2D eigenvalue weighted by Crippen LogP contribution is 2.34. The zero-order valence-electron chi connectivity index (χ0n) is 21.7. The van der Waals surface area contributed by atoms with Gasteiger partial charge in [0.15, 0.2) is 23.3 Å². The molecule has 0 aliphatic heterocycles. The molecule has 198 valence electrons. The van der Waals surface area contributed by atoms with Crippen molar-refractivity contribution in [1.82, 2.24) is 0 Å². The highest BCUT2D eigenvalue weighted by molar-refractivity contribution is 5.21. The molecule has 3 nitrogen and oxygen atoms in total. The summed E-state index contributed by atoms with van der Waals surface area (Å²) in [5, 5.41) is 0. The zero-order valence-corrected chi connectivity index (χ0v) is 21.7. The van der Waals surface area contributed by atoms with Crippen LogP contribution in [0.25, 0.3) is 0 Å². The summed E-state index contributed by atoms with van der Waals surface area (Å²) in [6.07, 6.45) is 12.2. The van der Waals surface area contributed by atoms with Gasteiger partial charge in [-0.3, -0.25) is 0 Å². The van der Waals surface area contributed by atoms with Crippen LogP contribution in [0.15, 0.2) is 6.07 Å². The van der Waals surface area contributed by atoms with Crippen LogP contribution in [-0.4, -0.2) is 26.3 Å². The van der Waals surface area contributed by atoms with Gasteiger partial charge < -0.3 is 14.2 Å². The number of methoxy groups -OCH3 is 2. The Morgan fingerprint density at radius 3 is 1.79 bits per heavy atom. The maximum atomic E-state index is 13.8. The summed E-state index contributed by atoms with van der Waals surface area (Å²) in [5.74, 6) is -7.19. The first-order chi connectivity index (χ1) is 16.2. The van der Waals surface area contributed by atoms with Crippen LogP contribution < -0.4 is 0 Å². The summed E-state index contributed by atoms with van der Waals surface area (Å²) < 4.78 is 71.3. The average molecular weight is 493 g/mol. The zero-order chi connectivity index (χ0) is 25.6. The molecule has 0 aliphatic carbocycles. The molecule has 7 heteroatoms. The summed E-state index contributed by atoms with van der Waals surface area (Å²) in [6, 6.07) is 0.749. The second-order valence-electron chi connectivity index (χ2n) is 9.34. The van der Waals surface area contributed by atoms with Gasteiger partial charge in [0.05, 0.1) is 6.10 Å². The second kappa shape index (κ2) is 16.5. The van der Waals surface area contributed by atoms with Crippen LogP contribution in [0.1, 0.15) is 103 Å². The highest BCUT2D eigenvalue weighted by atomic mass is 19.2. The highest BCUT2D eigenvalue weighted by Gasteiger charge is 2.41. The standard InChI is InChI=1S/C27H44F4O3/c1-6-7-8-9-10-14-17-22(27(32-4,33-5)34-20(2)3)18-15-12-11-13-16-21-19-23(28)25(30)26(31)24(21)29/h19-20,22H,6-18H2,1-5H3. The maximum Gasteiger partial charge on any atom is 0.285 e. The summed E-state index contributed by atoms with van der Waals surface area (Å²) in [6.45, 7) is 6.11. The van der Waals surface area contributed by atoms with E-state index in [9.17, 15) is 17.6 Å². The Bertz CT molecular complexity index is 693. The average Bonchev–Trinajstić information content (AvgIpc) is 2.82. The van der Waals surface area contributed by atoms with Crippen molar-refractivity contribution in [1.29, 1.82) is 0 Å². The van der Waals surface area contributed by atoms with Gasteiger partial charge in [0.2, 0.25) is 0 Å². The monoisotopic (exact) mass is 492 g/mol. The third-order valence-corrected chi connectivity index (χ3v) is 6.30. The third kappa shape index (κ3) is 9.82. The first-order valence-corrected chi connectivity index (χ1v) is 12.8. The molecule has 0 aliphatic rings. The molecule has 0 bridgehead atoms. The molecule has 1 aromatic carbocycles. The van der Waals surface area contributed by atoms with Crippen molar-refractivity contribution in [2.45, 2.75) is 116 Å². The molecule has 1 atom stereocenters. The smallest absolute Gasteiger partial charge is 0.285 e. The second-order valence-corrected chi connectivity index (χ2v) is 9.34. The van der Waals surface area contributed by atoms with Crippen molar-refractivity contribution in [3.63, 3.8) is 0 Å². The molecular formula is C27H44F4O3. The number of ether oxygens (including phenoxy) is 3. The minimum absolute atomic E-state index is 0.0571. The topological polar surface area (TPSA) is 27.7 Å². The van der Waals surface area contributed by atoms with E-state index >= 15 is 0 Å². The first-order valence-electron chi connectivity index (χ1n) is 12.8. The minimum atomic E-state index is -1.76. The SMILES string of the molecule is CCCCCCCCC(CCCCCCc1cc(F)c(F)c(F)c1F)C(OC)(OC)OC(C)C. The van der Waals surface area contributed by atoms with Gasteiger partial charge >= 0.3 is 0 Å². The Labute approximate surface area is 203 Å². The maximum absolute atomic E-state index is 13.8. The first kappa shape index (κ1) is 30.9. The van der Waals surface area contributed by atoms with E-state index in [2.05, 4.69) is 6.92 Å². The molecule has 0 radical (unpaired) electrons. The van der Waals surface area contributed by atoms with Crippen LogP contribution in [0.5, 0.6) is 0 Å². The number of unbranched alkanes of at least 4 members (excludes halogenated alkanes) is 8. The van der Waals surface area contributed by atoms with Crippen LogP contribution in [0.4, 0.5) is 17.6 Å². The van der Waals surface area contributed by atoms with Crippen LogP contribution in [0.2, 0.25) is 0 Å². The van der Waals surface area contributed by atoms with Gasteiger partial charge in [-0.15, -0.1) is 0 Å². The van der Waals surface area contributed by atoms with E-state index in [1.807, 2.05) is 13.8 Å². The molecular weight excluding hydrogens is 448 g/mol. The Morgan fingerprint density at radius 1 is 0.735 bits per heavy atom. The van der Waals surface area contributed by atoms with Crippen molar-refractivity contribution in [2.24, 2.45) is 5.92 Å². The molecule has 0 N–H and O–H groups in total. The van der Waals surface area contributed by atoms with E-state index in [0.29, 0.717) is 6.42 Å². The van der Waals surface area contributed by atoms with Gasteiger partial charge in [0.25, 0.3) is 5.97 Å². The molecule has 0 aromatic heterocycles. The lowest BCUT2D eigenvalue weighted by atomic mass is 9.91. The predicted octanol–water partition coefficient (Wildman–Crippen LogP) is 8.47. The number of hydrogen-bond donors (Lipinski definition) is 0. The van der Waals surface area contributed by atoms with Crippen molar-refractivity contribution < 1.29 is 31.8 Å². The number of hydrogen-bond acceptors (Lipinski definition) is 3. The van der Waals surface area contributed by atoms with Crippen molar-refractivity contribution in [3.8, 4) is 0 Å². The molecule has 0 saturated heterocycles. The number of benzene rings is 1.